The van der Waals surface area contributed by atoms with Gasteiger partial charge < -0.3 is 5.32 Å². The smallest absolute Gasteiger partial charge is 0.228 e. The van der Waals surface area contributed by atoms with E-state index in [2.05, 4.69) is 19.2 Å². The third-order valence-electron chi connectivity index (χ3n) is 3.66. The lowest BCUT2D eigenvalue weighted by molar-refractivity contribution is -0.115. The van der Waals surface area contributed by atoms with E-state index in [1.807, 2.05) is 18.2 Å². The maximum absolute atomic E-state index is 12.5. The molecule has 0 aromatic heterocycles. The number of carbonyl (C=O) groups is 2. The Balaban J connectivity index is 2.19. The van der Waals surface area contributed by atoms with E-state index >= 15 is 0 Å². The van der Waals surface area contributed by atoms with E-state index in [4.69, 9.17) is 0 Å². The number of ketones is 1. The first-order valence-corrected chi connectivity index (χ1v) is 7.12. The number of benzene rings is 1. The topological polar surface area (TPSA) is 46.2 Å². The van der Waals surface area contributed by atoms with Crippen LogP contribution in [0.4, 0.5) is 5.69 Å². The maximum Gasteiger partial charge on any atom is 0.228 e. The molecule has 0 spiro atoms. The second kappa shape index (κ2) is 6.00. The average Bonchev–Trinajstić information content (AvgIpc) is 2.76. The van der Waals surface area contributed by atoms with E-state index in [0.717, 1.165) is 42.5 Å². The number of rotatable bonds is 6. The van der Waals surface area contributed by atoms with Gasteiger partial charge in [0.2, 0.25) is 5.91 Å². The lowest BCUT2D eigenvalue weighted by Gasteiger charge is -2.14. The summed E-state index contributed by atoms with van der Waals surface area (Å²) in [7, 11) is 0. The number of hydrogen-bond acceptors (Lipinski definition) is 2. The molecule has 19 heavy (non-hydrogen) atoms. The molecule has 1 aliphatic heterocycles. The zero-order valence-corrected chi connectivity index (χ0v) is 11.7. The van der Waals surface area contributed by atoms with Crippen molar-refractivity contribution in [1.29, 1.82) is 0 Å². The van der Waals surface area contributed by atoms with Crippen molar-refractivity contribution in [3.63, 3.8) is 0 Å². The number of hydrogen-bond donors (Lipinski definition) is 1. The van der Waals surface area contributed by atoms with E-state index in [1.165, 1.54) is 0 Å². The molecular weight excluding hydrogens is 238 g/mol. The Kier molecular flexibility index (Phi) is 4.35. The first-order valence-electron chi connectivity index (χ1n) is 7.12. The average molecular weight is 259 g/mol. The van der Waals surface area contributed by atoms with Crippen molar-refractivity contribution in [3.05, 3.63) is 29.3 Å². The summed E-state index contributed by atoms with van der Waals surface area (Å²) in [5.74, 6) is 0.363. The fraction of sp³-hybridized carbons (Fsp3) is 0.500. The summed E-state index contributed by atoms with van der Waals surface area (Å²) in [6, 6.07) is 5.57. The van der Waals surface area contributed by atoms with Crippen LogP contribution in [0.1, 0.15) is 55.5 Å². The van der Waals surface area contributed by atoms with Crippen LogP contribution in [0.5, 0.6) is 0 Å². The van der Waals surface area contributed by atoms with Gasteiger partial charge in [-0.3, -0.25) is 9.59 Å². The van der Waals surface area contributed by atoms with Crippen molar-refractivity contribution in [1.82, 2.24) is 0 Å². The third kappa shape index (κ3) is 3.03. The molecule has 0 radical (unpaired) electrons. The molecular formula is C16H21NO2. The summed E-state index contributed by atoms with van der Waals surface area (Å²) in [5.41, 5.74) is 2.55. The van der Waals surface area contributed by atoms with Crippen molar-refractivity contribution in [2.75, 3.05) is 5.32 Å². The van der Waals surface area contributed by atoms with Crippen LogP contribution in [-0.4, -0.2) is 11.7 Å². The zero-order valence-electron chi connectivity index (χ0n) is 11.7. The van der Waals surface area contributed by atoms with Gasteiger partial charge in [0, 0.05) is 17.2 Å². The fourth-order valence-corrected chi connectivity index (χ4v) is 2.72. The van der Waals surface area contributed by atoms with Gasteiger partial charge in [0.1, 0.15) is 0 Å². The summed E-state index contributed by atoms with van der Waals surface area (Å²) in [4.78, 5) is 23.8. The lowest BCUT2D eigenvalue weighted by atomic mass is 9.89. The predicted octanol–water partition coefficient (Wildman–Crippen LogP) is 3.58. The van der Waals surface area contributed by atoms with Crippen molar-refractivity contribution in [2.24, 2.45) is 5.92 Å². The highest BCUT2D eigenvalue weighted by Gasteiger charge is 2.22. The number of carbonyl (C=O) groups excluding carboxylic acids is 2. The van der Waals surface area contributed by atoms with Crippen LogP contribution in [0, 0.1) is 5.92 Å². The van der Waals surface area contributed by atoms with Gasteiger partial charge >= 0.3 is 0 Å². The van der Waals surface area contributed by atoms with Gasteiger partial charge in [-0.1, -0.05) is 26.7 Å². The third-order valence-corrected chi connectivity index (χ3v) is 3.66. The van der Waals surface area contributed by atoms with Gasteiger partial charge in [0.05, 0.1) is 6.42 Å². The molecule has 1 heterocycles. The van der Waals surface area contributed by atoms with Crippen LogP contribution in [0.2, 0.25) is 0 Å². The highest BCUT2D eigenvalue weighted by Crippen LogP contribution is 2.26. The Morgan fingerprint density at radius 3 is 2.58 bits per heavy atom. The summed E-state index contributed by atoms with van der Waals surface area (Å²) >= 11 is 0. The number of anilines is 1. The van der Waals surface area contributed by atoms with Crippen molar-refractivity contribution >= 4 is 17.4 Å². The minimum Gasteiger partial charge on any atom is -0.326 e. The van der Waals surface area contributed by atoms with E-state index < -0.39 is 0 Å². The van der Waals surface area contributed by atoms with Crippen molar-refractivity contribution < 1.29 is 9.59 Å². The maximum atomic E-state index is 12.5. The first-order chi connectivity index (χ1) is 9.15. The molecule has 3 nitrogen and oxygen atoms in total. The molecule has 102 valence electrons. The summed E-state index contributed by atoms with van der Waals surface area (Å²) in [6.07, 6.45) is 4.34. The number of nitrogens with one attached hydrogen (secondary N) is 1. The van der Waals surface area contributed by atoms with Gasteiger partial charge in [0.25, 0.3) is 0 Å². The van der Waals surface area contributed by atoms with Gasteiger partial charge in [0.15, 0.2) is 5.78 Å². The normalized spacial score (nSPS) is 13.5. The Bertz CT molecular complexity index is 488. The first kappa shape index (κ1) is 13.8. The summed E-state index contributed by atoms with van der Waals surface area (Å²) < 4.78 is 0. The Morgan fingerprint density at radius 1 is 1.26 bits per heavy atom. The van der Waals surface area contributed by atoms with E-state index in [1.54, 1.807) is 0 Å². The van der Waals surface area contributed by atoms with E-state index in [9.17, 15) is 9.59 Å². The molecule has 0 fully saturated rings. The molecule has 1 aliphatic rings. The molecule has 0 aliphatic carbocycles. The van der Waals surface area contributed by atoms with Crippen LogP contribution >= 0.6 is 0 Å². The molecule has 0 unspecified atom stereocenters. The molecule has 0 saturated heterocycles. The largest absolute Gasteiger partial charge is 0.326 e. The van der Waals surface area contributed by atoms with Crippen LogP contribution < -0.4 is 5.32 Å². The molecule has 0 saturated carbocycles. The second-order valence-electron chi connectivity index (χ2n) is 5.24. The number of Topliss-reactive ketones (excluding diaryl/α,β-unsaturated/α-hetero) is 1. The SMILES string of the molecule is CCCC(CCC)C(=O)c1ccc2c(c1)CC(=O)N2. The number of amides is 1. The van der Waals surface area contributed by atoms with Crippen LogP contribution in [0.15, 0.2) is 18.2 Å². The molecule has 2 rings (SSSR count). The lowest BCUT2D eigenvalue weighted by Crippen LogP contribution is -2.14. The molecule has 1 aromatic carbocycles. The molecule has 3 heteroatoms. The second-order valence-corrected chi connectivity index (χ2v) is 5.24. The highest BCUT2D eigenvalue weighted by molar-refractivity contribution is 6.02. The minimum atomic E-state index is 0.0123. The summed E-state index contributed by atoms with van der Waals surface area (Å²) in [5, 5.41) is 2.79. The fourth-order valence-electron chi connectivity index (χ4n) is 2.72. The highest BCUT2D eigenvalue weighted by atomic mass is 16.1. The standard InChI is InChI=1S/C16H21NO2/c1-3-5-11(6-4-2)16(19)12-7-8-14-13(9-12)10-15(18)17-14/h7-9,11H,3-6,10H2,1-2H3,(H,17,18). The Hall–Kier alpha value is -1.64. The Labute approximate surface area is 114 Å². The van der Waals surface area contributed by atoms with Crippen molar-refractivity contribution in [2.45, 2.75) is 46.0 Å². The van der Waals surface area contributed by atoms with Gasteiger partial charge in [-0.05, 0) is 36.6 Å². The van der Waals surface area contributed by atoms with Gasteiger partial charge in [-0.15, -0.1) is 0 Å². The molecule has 1 amide bonds. The number of fused-ring (bicyclic) bond motifs is 1. The molecule has 0 atom stereocenters. The molecule has 1 N–H and O–H groups in total. The van der Waals surface area contributed by atoms with Crippen LogP contribution in [0.3, 0.4) is 0 Å². The zero-order chi connectivity index (χ0) is 13.8. The van der Waals surface area contributed by atoms with Crippen LogP contribution in [-0.2, 0) is 11.2 Å². The Morgan fingerprint density at radius 2 is 1.95 bits per heavy atom. The minimum absolute atomic E-state index is 0.0123. The summed E-state index contributed by atoms with van der Waals surface area (Å²) in [6.45, 7) is 4.22. The van der Waals surface area contributed by atoms with E-state index in [0.29, 0.717) is 6.42 Å². The van der Waals surface area contributed by atoms with Crippen LogP contribution in [0.25, 0.3) is 0 Å². The molecule has 0 bridgehead atoms. The quantitative estimate of drug-likeness (QED) is 0.794. The monoisotopic (exact) mass is 259 g/mol. The van der Waals surface area contributed by atoms with Gasteiger partial charge in [-0.25, -0.2) is 0 Å². The van der Waals surface area contributed by atoms with E-state index in [-0.39, 0.29) is 17.6 Å². The predicted molar refractivity (Wildman–Crippen MR) is 76.4 cm³/mol. The van der Waals surface area contributed by atoms with Gasteiger partial charge in [-0.2, -0.15) is 0 Å². The van der Waals surface area contributed by atoms with Crippen molar-refractivity contribution in [3.8, 4) is 0 Å². The molecule has 1 aromatic rings.